The third kappa shape index (κ3) is 4.67. The molecule has 0 aliphatic carbocycles. The number of hydrogen-bond acceptors (Lipinski definition) is 9. The number of carbonyl (C=O) groups excluding carboxylic acids is 3. The van der Waals surface area contributed by atoms with E-state index in [0.29, 0.717) is 47.1 Å². The van der Waals surface area contributed by atoms with Crippen molar-refractivity contribution in [2.75, 3.05) is 18.4 Å². The van der Waals surface area contributed by atoms with Crippen molar-refractivity contribution in [3.63, 3.8) is 0 Å². The van der Waals surface area contributed by atoms with Crippen LogP contribution in [0.15, 0.2) is 40.1 Å². The molecule has 6 rings (SSSR count). The maximum atomic E-state index is 13.2. The summed E-state index contributed by atoms with van der Waals surface area (Å²) in [4.78, 5) is 44.0. The summed E-state index contributed by atoms with van der Waals surface area (Å²) >= 11 is 1.45. The van der Waals surface area contributed by atoms with Gasteiger partial charge in [0.05, 0.1) is 16.4 Å². The van der Waals surface area contributed by atoms with E-state index in [0.717, 1.165) is 28.9 Å². The average molecular weight is 544 g/mol. The van der Waals surface area contributed by atoms with Crippen molar-refractivity contribution in [3.8, 4) is 0 Å². The van der Waals surface area contributed by atoms with E-state index in [-0.39, 0.29) is 29.3 Å². The van der Waals surface area contributed by atoms with Crippen LogP contribution in [0.1, 0.15) is 73.6 Å². The average Bonchev–Trinajstić information content (AvgIpc) is 3.66. The van der Waals surface area contributed by atoms with Crippen LogP contribution in [0.25, 0.3) is 16.6 Å². The second-order valence-electron chi connectivity index (χ2n) is 9.70. The molecule has 5 aromatic rings. The molecule has 0 bridgehead atoms. The van der Waals surface area contributed by atoms with Crippen LogP contribution < -0.4 is 5.32 Å². The largest absolute Gasteiger partial charge is 0.453 e. The molecule has 0 saturated carbocycles. The number of aryl methyl sites for hydroxylation is 2. The molecule has 5 heterocycles. The van der Waals surface area contributed by atoms with Gasteiger partial charge >= 0.3 is 0 Å². The van der Waals surface area contributed by atoms with Crippen LogP contribution >= 0.6 is 11.3 Å². The predicted octanol–water partition coefficient (Wildman–Crippen LogP) is 4.42. The van der Waals surface area contributed by atoms with Gasteiger partial charge < -0.3 is 14.6 Å². The summed E-state index contributed by atoms with van der Waals surface area (Å²) in [5, 5.41) is 19.0. The number of furan rings is 1. The van der Waals surface area contributed by atoms with Gasteiger partial charge in [-0.1, -0.05) is 0 Å². The van der Waals surface area contributed by atoms with E-state index < -0.39 is 0 Å². The molecule has 2 amide bonds. The van der Waals surface area contributed by atoms with Crippen molar-refractivity contribution in [1.29, 1.82) is 0 Å². The van der Waals surface area contributed by atoms with Gasteiger partial charge in [-0.05, 0) is 51.0 Å². The van der Waals surface area contributed by atoms with Gasteiger partial charge in [-0.15, -0.1) is 21.5 Å². The fourth-order valence-electron chi connectivity index (χ4n) is 4.82. The smallest absolute Gasteiger partial charge is 0.276 e. The Kier molecular flexibility index (Phi) is 6.18. The maximum Gasteiger partial charge on any atom is 0.276 e. The Morgan fingerprint density at radius 2 is 1.87 bits per heavy atom. The van der Waals surface area contributed by atoms with Crippen molar-refractivity contribution in [1.82, 2.24) is 29.7 Å². The first kappa shape index (κ1) is 24.9. The number of anilines is 1. The van der Waals surface area contributed by atoms with Crippen molar-refractivity contribution in [2.45, 2.75) is 39.5 Å². The van der Waals surface area contributed by atoms with Crippen molar-refractivity contribution in [2.24, 2.45) is 0 Å². The molecule has 198 valence electrons. The SMILES string of the molecule is CC(=O)c1cc2cc(NC(=O)c3csc(C4CCN(C(=O)c5nnc6cc(C)nn6c5C)CC4)n3)ccc2o1. The van der Waals surface area contributed by atoms with E-state index in [1.807, 2.05) is 19.9 Å². The van der Waals surface area contributed by atoms with Crippen LogP contribution in [0.5, 0.6) is 0 Å². The highest BCUT2D eigenvalue weighted by Crippen LogP contribution is 2.31. The Morgan fingerprint density at radius 1 is 1.08 bits per heavy atom. The van der Waals surface area contributed by atoms with Gasteiger partial charge in [-0.2, -0.15) is 5.10 Å². The number of thiazole rings is 1. The number of amides is 2. The van der Waals surface area contributed by atoms with Crippen LogP contribution in [0, 0.1) is 13.8 Å². The molecule has 0 radical (unpaired) electrons. The fraction of sp³-hybridized carbons (Fsp3) is 0.296. The van der Waals surface area contributed by atoms with Gasteiger partial charge in [0.25, 0.3) is 11.8 Å². The van der Waals surface area contributed by atoms with Crippen LogP contribution in [0.3, 0.4) is 0 Å². The number of ketones is 1. The fourth-order valence-corrected chi connectivity index (χ4v) is 5.80. The number of Topliss-reactive ketones (excluding diaryl/α,β-unsaturated/α-hetero) is 1. The normalized spacial score (nSPS) is 14.3. The molecule has 1 aliphatic rings. The second-order valence-corrected chi connectivity index (χ2v) is 10.6. The van der Waals surface area contributed by atoms with Gasteiger partial charge in [-0.3, -0.25) is 14.4 Å². The van der Waals surface area contributed by atoms with Crippen molar-refractivity contribution >= 4 is 51.2 Å². The van der Waals surface area contributed by atoms with Gasteiger partial charge in [0.15, 0.2) is 22.9 Å². The first-order valence-corrected chi connectivity index (χ1v) is 13.4. The molecule has 0 unspecified atom stereocenters. The van der Waals surface area contributed by atoms with Crippen molar-refractivity contribution < 1.29 is 18.8 Å². The number of benzene rings is 1. The number of nitrogens with one attached hydrogen (secondary N) is 1. The minimum atomic E-state index is -0.307. The number of hydrogen-bond donors (Lipinski definition) is 1. The summed E-state index contributed by atoms with van der Waals surface area (Å²) in [6.07, 6.45) is 1.48. The maximum absolute atomic E-state index is 13.2. The highest BCUT2D eigenvalue weighted by Gasteiger charge is 2.29. The number of carbonyl (C=O) groups is 3. The molecule has 1 saturated heterocycles. The van der Waals surface area contributed by atoms with Crippen molar-refractivity contribution in [3.05, 3.63) is 69.3 Å². The monoisotopic (exact) mass is 543 g/mol. The molecule has 4 aromatic heterocycles. The molecular weight excluding hydrogens is 518 g/mol. The standard InChI is InChI=1S/C27H25N7O4S/c1-14-10-23-30-31-24(15(2)34(23)32-14)27(37)33-8-6-17(7-9-33)26-29-20(13-39-26)25(36)28-19-4-5-21-18(11-19)12-22(38-21)16(3)35/h4-5,10-13,17H,6-9H2,1-3H3,(H,28,36). The van der Waals surface area contributed by atoms with Crippen LogP contribution in [0.4, 0.5) is 5.69 Å². The zero-order valence-corrected chi connectivity index (χ0v) is 22.4. The number of aromatic nitrogens is 5. The lowest BCUT2D eigenvalue weighted by molar-refractivity contribution is 0.0703. The van der Waals surface area contributed by atoms with Gasteiger partial charge in [0.1, 0.15) is 11.3 Å². The molecule has 1 fully saturated rings. The highest BCUT2D eigenvalue weighted by atomic mass is 32.1. The minimum Gasteiger partial charge on any atom is -0.453 e. The van der Waals surface area contributed by atoms with Gasteiger partial charge in [0.2, 0.25) is 0 Å². The third-order valence-electron chi connectivity index (χ3n) is 6.94. The van der Waals surface area contributed by atoms with E-state index in [2.05, 4.69) is 25.6 Å². The summed E-state index contributed by atoms with van der Waals surface area (Å²) in [7, 11) is 0. The van der Waals surface area contributed by atoms with E-state index in [1.165, 1.54) is 18.3 Å². The Balaban J connectivity index is 1.09. The Morgan fingerprint density at radius 3 is 2.64 bits per heavy atom. The third-order valence-corrected chi connectivity index (χ3v) is 7.94. The lowest BCUT2D eigenvalue weighted by Gasteiger charge is -2.31. The van der Waals surface area contributed by atoms with Gasteiger partial charge in [0, 0.05) is 48.5 Å². The molecule has 39 heavy (non-hydrogen) atoms. The van der Waals surface area contributed by atoms with E-state index in [9.17, 15) is 14.4 Å². The quantitative estimate of drug-likeness (QED) is 0.322. The predicted molar refractivity (Wildman–Crippen MR) is 144 cm³/mol. The van der Waals surface area contributed by atoms with E-state index >= 15 is 0 Å². The highest BCUT2D eigenvalue weighted by molar-refractivity contribution is 7.10. The zero-order valence-electron chi connectivity index (χ0n) is 21.6. The number of piperidine rings is 1. The van der Waals surface area contributed by atoms with Crippen LogP contribution in [0.2, 0.25) is 0 Å². The number of nitrogens with zero attached hydrogens (tertiary/aromatic N) is 6. The lowest BCUT2D eigenvalue weighted by Crippen LogP contribution is -2.39. The van der Waals surface area contributed by atoms with E-state index in [1.54, 1.807) is 39.1 Å². The molecule has 0 atom stereocenters. The first-order chi connectivity index (χ1) is 18.8. The van der Waals surface area contributed by atoms with Gasteiger partial charge in [-0.25, -0.2) is 9.50 Å². The summed E-state index contributed by atoms with van der Waals surface area (Å²) in [5.41, 5.74) is 3.93. The number of likely N-dealkylation sites (tertiary alicyclic amines) is 1. The Bertz CT molecular complexity index is 1760. The molecular formula is C27H25N7O4S. The van der Waals surface area contributed by atoms with E-state index in [4.69, 9.17) is 4.42 Å². The summed E-state index contributed by atoms with van der Waals surface area (Å²) in [6, 6.07) is 8.70. The molecule has 0 spiro atoms. The summed E-state index contributed by atoms with van der Waals surface area (Å²) in [6.45, 7) is 6.27. The molecule has 12 heteroatoms. The number of rotatable bonds is 5. The first-order valence-electron chi connectivity index (χ1n) is 12.6. The number of fused-ring (bicyclic) bond motifs is 2. The topological polar surface area (TPSA) is 136 Å². The Hall–Kier alpha value is -4.45. The molecule has 1 N–H and O–H groups in total. The molecule has 1 aliphatic heterocycles. The zero-order chi connectivity index (χ0) is 27.3. The summed E-state index contributed by atoms with van der Waals surface area (Å²) in [5.74, 6) is -0.175. The van der Waals surface area contributed by atoms with Crippen LogP contribution in [-0.2, 0) is 0 Å². The van der Waals surface area contributed by atoms with Crippen LogP contribution in [-0.4, -0.2) is 60.4 Å². The Labute approximate surface area is 226 Å². The molecule has 11 nitrogen and oxygen atoms in total. The molecule has 1 aromatic carbocycles. The lowest BCUT2D eigenvalue weighted by atomic mass is 9.97. The summed E-state index contributed by atoms with van der Waals surface area (Å²) < 4.78 is 7.16. The second kappa shape index (κ2) is 9.70. The minimum absolute atomic E-state index is 0.155.